The third-order valence-corrected chi connectivity index (χ3v) is 3.41. The second-order valence-electron chi connectivity index (χ2n) is 4.85. The molecule has 1 aliphatic carbocycles. The summed E-state index contributed by atoms with van der Waals surface area (Å²) in [6.07, 6.45) is 5.06. The molecule has 0 heterocycles. The normalized spacial score (nSPS) is 17.2. The maximum atomic E-state index is 10.9. The van der Waals surface area contributed by atoms with Gasteiger partial charge in [-0.1, -0.05) is 31.4 Å². The molecular formula is C13H18N2O2. The molecule has 0 amide bonds. The highest BCUT2D eigenvalue weighted by atomic mass is 16.6. The molecule has 2 rings (SSSR count). The topological polar surface area (TPSA) is 55.2 Å². The van der Waals surface area contributed by atoms with Crippen molar-refractivity contribution in [2.45, 2.75) is 38.6 Å². The first kappa shape index (κ1) is 11.9. The van der Waals surface area contributed by atoms with E-state index in [1.54, 1.807) is 18.2 Å². The lowest BCUT2D eigenvalue weighted by Gasteiger charge is -2.28. The Hall–Kier alpha value is -1.58. The van der Waals surface area contributed by atoms with Gasteiger partial charge < -0.3 is 5.32 Å². The summed E-state index contributed by atoms with van der Waals surface area (Å²) in [5, 5.41) is 14.1. The molecule has 4 nitrogen and oxygen atoms in total. The van der Waals surface area contributed by atoms with Gasteiger partial charge in [-0.25, -0.2) is 0 Å². The van der Waals surface area contributed by atoms with Crippen LogP contribution in [0.25, 0.3) is 0 Å². The van der Waals surface area contributed by atoms with E-state index in [0.717, 1.165) is 12.3 Å². The molecule has 1 atom stereocenters. The molecule has 92 valence electrons. The molecule has 0 aliphatic heterocycles. The van der Waals surface area contributed by atoms with E-state index in [-0.39, 0.29) is 10.6 Å². The Morgan fingerprint density at radius 1 is 1.47 bits per heavy atom. The lowest BCUT2D eigenvalue weighted by molar-refractivity contribution is -0.384. The average molecular weight is 234 g/mol. The summed E-state index contributed by atoms with van der Waals surface area (Å²) in [5.74, 6) is 0.806. The number of anilines is 1. The molecule has 1 aromatic carbocycles. The van der Waals surface area contributed by atoms with Gasteiger partial charge in [0.15, 0.2) is 0 Å². The summed E-state index contributed by atoms with van der Waals surface area (Å²) in [6.45, 7) is 2.09. The van der Waals surface area contributed by atoms with Crippen molar-refractivity contribution in [3.05, 3.63) is 34.4 Å². The zero-order valence-corrected chi connectivity index (χ0v) is 10.1. The van der Waals surface area contributed by atoms with Crippen LogP contribution in [0.2, 0.25) is 0 Å². The van der Waals surface area contributed by atoms with Crippen LogP contribution in [-0.2, 0) is 0 Å². The van der Waals surface area contributed by atoms with E-state index in [1.165, 1.54) is 19.3 Å². The number of rotatable bonds is 5. The molecule has 0 radical (unpaired) electrons. The van der Waals surface area contributed by atoms with Crippen LogP contribution >= 0.6 is 0 Å². The molecule has 1 fully saturated rings. The van der Waals surface area contributed by atoms with Gasteiger partial charge in [0, 0.05) is 12.1 Å². The van der Waals surface area contributed by atoms with E-state index >= 15 is 0 Å². The Morgan fingerprint density at radius 3 is 2.76 bits per heavy atom. The molecule has 1 unspecified atom stereocenters. The lowest BCUT2D eigenvalue weighted by Crippen LogP contribution is -2.23. The molecule has 1 aromatic rings. The molecule has 1 saturated carbocycles. The minimum Gasteiger partial charge on any atom is -0.377 e. The standard InChI is InChI=1S/C13H18N2O2/c1-10(9-11-5-4-6-11)14-12-7-2-3-8-13(12)15(16)17/h2-3,7-8,10-11,14H,4-6,9H2,1H3. The smallest absolute Gasteiger partial charge is 0.292 e. The van der Waals surface area contributed by atoms with Crippen molar-refractivity contribution < 1.29 is 4.92 Å². The highest BCUT2D eigenvalue weighted by Crippen LogP contribution is 2.32. The van der Waals surface area contributed by atoms with Crippen molar-refractivity contribution in [3.8, 4) is 0 Å². The zero-order valence-electron chi connectivity index (χ0n) is 10.1. The molecule has 1 aliphatic rings. The second kappa shape index (κ2) is 5.17. The van der Waals surface area contributed by atoms with Crippen LogP contribution in [0.4, 0.5) is 11.4 Å². The maximum absolute atomic E-state index is 10.9. The molecular weight excluding hydrogens is 216 g/mol. The predicted octanol–water partition coefficient (Wildman–Crippen LogP) is 3.59. The van der Waals surface area contributed by atoms with Gasteiger partial charge >= 0.3 is 0 Å². The summed E-state index contributed by atoms with van der Waals surface area (Å²) in [7, 11) is 0. The van der Waals surface area contributed by atoms with Crippen LogP contribution in [0.3, 0.4) is 0 Å². The summed E-state index contributed by atoms with van der Waals surface area (Å²) in [6, 6.07) is 7.13. The minimum atomic E-state index is -0.335. The Balaban J connectivity index is 1.99. The van der Waals surface area contributed by atoms with Crippen molar-refractivity contribution >= 4 is 11.4 Å². The fourth-order valence-corrected chi connectivity index (χ4v) is 2.31. The van der Waals surface area contributed by atoms with Gasteiger partial charge in [-0.3, -0.25) is 10.1 Å². The third-order valence-electron chi connectivity index (χ3n) is 3.41. The molecule has 0 spiro atoms. The van der Waals surface area contributed by atoms with E-state index in [9.17, 15) is 10.1 Å². The molecule has 0 aromatic heterocycles. The van der Waals surface area contributed by atoms with Crippen LogP contribution < -0.4 is 5.32 Å². The lowest BCUT2D eigenvalue weighted by atomic mass is 9.81. The average Bonchev–Trinajstić information content (AvgIpc) is 2.24. The summed E-state index contributed by atoms with van der Waals surface area (Å²) in [4.78, 5) is 10.5. The number of nitrogens with one attached hydrogen (secondary N) is 1. The van der Waals surface area contributed by atoms with Crippen molar-refractivity contribution in [3.63, 3.8) is 0 Å². The van der Waals surface area contributed by atoms with Gasteiger partial charge in [-0.2, -0.15) is 0 Å². The molecule has 17 heavy (non-hydrogen) atoms. The molecule has 0 saturated heterocycles. The number of nitro benzene ring substituents is 1. The van der Waals surface area contributed by atoms with Crippen LogP contribution in [0.1, 0.15) is 32.6 Å². The van der Waals surface area contributed by atoms with Gasteiger partial charge in [0.25, 0.3) is 5.69 Å². The Morgan fingerprint density at radius 2 is 2.18 bits per heavy atom. The number of benzene rings is 1. The Labute approximate surface area is 101 Å². The Kier molecular flexibility index (Phi) is 3.61. The number of para-hydroxylation sites is 2. The first-order valence-corrected chi connectivity index (χ1v) is 6.17. The van der Waals surface area contributed by atoms with Crippen molar-refractivity contribution in [2.75, 3.05) is 5.32 Å². The first-order valence-electron chi connectivity index (χ1n) is 6.17. The minimum absolute atomic E-state index is 0.160. The predicted molar refractivity (Wildman–Crippen MR) is 68.1 cm³/mol. The summed E-state index contributed by atoms with van der Waals surface area (Å²) < 4.78 is 0. The van der Waals surface area contributed by atoms with Gasteiger partial charge in [0.1, 0.15) is 5.69 Å². The third kappa shape index (κ3) is 2.96. The van der Waals surface area contributed by atoms with Crippen LogP contribution in [0, 0.1) is 16.0 Å². The highest BCUT2D eigenvalue weighted by molar-refractivity contribution is 5.61. The SMILES string of the molecule is CC(CC1CCC1)Nc1ccccc1[N+](=O)[O-]. The maximum Gasteiger partial charge on any atom is 0.292 e. The molecule has 1 N–H and O–H groups in total. The van der Waals surface area contributed by atoms with E-state index in [2.05, 4.69) is 12.2 Å². The highest BCUT2D eigenvalue weighted by Gasteiger charge is 2.21. The fourth-order valence-electron chi connectivity index (χ4n) is 2.31. The fraction of sp³-hybridized carbons (Fsp3) is 0.538. The summed E-state index contributed by atoms with van der Waals surface area (Å²) in [5.41, 5.74) is 0.789. The van der Waals surface area contributed by atoms with Crippen molar-refractivity contribution in [1.29, 1.82) is 0 Å². The second-order valence-corrected chi connectivity index (χ2v) is 4.85. The van der Waals surface area contributed by atoms with Gasteiger partial charge in [0.05, 0.1) is 4.92 Å². The van der Waals surface area contributed by atoms with Crippen LogP contribution in [-0.4, -0.2) is 11.0 Å². The van der Waals surface area contributed by atoms with Crippen molar-refractivity contribution in [2.24, 2.45) is 5.92 Å². The van der Waals surface area contributed by atoms with Gasteiger partial charge in [0.2, 0.25) is 0 Å². The number of nitro groups is 1. The van der Waals surface area contributed by atoms with Crippen LogP contribution in [0.5, 0.6) is 0 Å². The largest absolute Gasteiger partial charge is 0.377 e. The van der Waals surface area contributed by atoms with E-state index in [1.807, 2.05) is 6.07 Å². The first-order chi connectivity index (χ1) is 8.16. The number of hydrogen-bond donors (Lipinski definition) is 1. The Bertz CT molecular complexity index is 402. The van der Waals surface area contributed by atoms with Crippen LogP contribution in [0.15, 0.2) is 24.3 Å². The van der Waals surface area contributed by atoms with E-state index in [4.69, 9.17) is 0 Å². The van der Waals surface area contributed by atoms with Gasteiger partial charge in [-0.15, -0.1) is 0 Å². The quantitative estimate of drug-likeness (QED) is 0.625. The summed E-state index contributed by atoms with van der Waals surface area (Å²) >= 11 is 0. The van der Waals surface area contributed by atoms with Gasteiger partial charge in [-0.05, 0) is 25.3 Å². The molecule has 0 bridgehead atoms. The van der Waals surface area contributed by atoms with E-state index < -0.39 is 0 Å². The number of nitrogens with zero attached hydrogens (tertiary/aromatic N) is 1. The number of hydrogen-bond acceptors (Lipinski definition) is 3. The zero-order chi connectivity index (χ0) is 12.3. The van der Waals surface area contributed by atoms with Crippen molar-refractivity contribution in [1.82, 2.24) is 0 Å². The monoisotopic (exact) mass is 234 g/mol. The molecule has 4 heteroatoms. The van der Waals surface area contributed by atoms with E-state index in [0.29, 0.717) is 11.7 Å².